The molecule has 0 radical (unpaired) electrons. The molecule has 0 saturated carbocycles. The monoisotopic (exact) mass is 273 g/mol. The molecule has 1 aromatic heterocycles. The third-order valence-electron chi connectivity index (χ3n) is 3.51. The normalized spacial score (nSPS) is 12.2. The quantitative estimate of drug-likeness (QED) is 0.812. The van der Waals surface area contributed by atoms with Crippen LogP contribution in [0.25, 0.3) is 11.0 Å². The molecular weight excluding hydrogens is 246 g/mol. The maximum absolute atomic E-state index is 4.72. The van der Waals surface area contributed by atoms with Gasteiger partial charge < -0.3 is 9.88 Å². The Morgan fingerprint density at radius 1 is 1.15 bits per heavy atom. The Bertz CT molecular complexity index is 549. The van der Waals surface area contributed by atoms with E-state index in [9.17, 15) is 0 Å². The Balaban J connectivity index is 1.95. The molecule has 2 aromatic rings. The first-order valence-corrected chi connectivity index (χ1v) is 7.70. The lowest BCUT2D eigenvalue weighted by Crippen LogP contribution is -2.36. The van der Waals surface area contributed by atoms with Gasteiger partial charge in [0.25, 0.3) is 0 Å². The van der Waals surface area contributed by atoms with Crippen LogP contribution in [-0.4, -0.2) is 21.6 Å². The van der Waals surface area contributed by atoms with Crippen LogP contribution in [0.3, 0.4) is 0 Å². The number of nitrogens with zero attached hydrogens (tertiary/aromatic N) is 2. The number of rotatable bonds is 6. The Morgan fingerprint density at radius 2 is 1.90 bits per heavy atom. The average molecular weight is 273 g/mol. The predicted molar refractivity (Wildman–Crippen MR) is 86.1 cm³/mol. The molecule has 2 rings (SSSR count). The molecule has 0 bridgehead atoms. The van der Waals surface area contributed by atoms with Crippen molar-refractivity contribution in [1.29, 1.82) is 0 Å². The topological polar surface area (TPSA) is 29.9 Å². The van der Waals surface area contributed by atoms with Crippen molar-refractivity contribution in [3.63, 3.8) is 0 Å². The third-order valence-corrected chi connectivity index (χ3v) is 3.51. The summed E-state index contributed by atoms with van der Waals surface area (Å²) >= 11 is 0. The van der Waals surface area contributed by atoms with Gasteiger partial charge in [0.1, 0.15) is 5.82 Å². The van der Waals surface area contributed by atoms with E-state index in [0.29, 0.717) is 0 Å². The van der Waals surface area contributed by atoms with Gasteiger partial charge in [-0.1, -0.05) is 19.1 Å². The summed E-state index contributed by atoms with van der Waals surface area (Å²) in [6.45, 7) is 11.0. The lowest BCUT2D eigenvalue weighted by atomic mass is 10.1. The molecule has 3 nitrogen and oxygen atoms in total. The van der Waals surface area contributed by atoms with Gasteiger partial charge in [0, 0.05) is 18.5 Å². The van der Waals surface area contributed by atoms with Crippen molar-refractivity contribution in [2.75, 3.05) is 6.54 Å². The fourth-order valence-corrected chi connectivity index (χ4v) is 2.50. The van der Waals surface area contributed by atoms with Gasteiger partial charge in [-0.2, -0.15) is 0 Å². The second-order valence-electron chi connectivity index (χ2n) is 6.41. The lowest BCUT2D eigenvalue weighted by molar-refractivity contribution is 0.414. The van der Waals surface area contributed by atoms with E-state index in [1.54, 1.807) is 0 Å². The van der Waals surface area contributed by atoms with Gasteiger partial charge in [0.2, 0.25) is 0 Å². The van der Waals surface area contributed by atoms with Gasteiger partial charge >= 0.3 is 0 Å². The van der Waals surface area contributed by atoms with Crippen molar-refractivity contribution >= 4 is 11.0 Å². The number of aromatic nitrogens is 2. The zero-order valence-corrected chi connectivity index (χ0v) is 13.2. The van der Waals surface area contributed by atoms with Crippen LogP contribution in [0, 0.1) is 0 Å². The fourth-order valence-electron chi connectivity index (χ4n) is 2.50. The van der Waals surface area contributed by atoms with Crippen molar-refractivity contribution in [3.8, 4) is 0 Å². The number of para-hydroxylation sites is 2. The van der Waals surface area contributed by atoms with Crippen LogP contribution in [0.2, 0.25) is 0 Å². The highest BCUT2D eigenvalue weighted by molar-refractivity contribution is 5.75. The summed E-state index contributed by atoms with van der Waals surface area (Å²) in [4.78, 5) is 4.72. The number of hydrogen-bond donors (Lipinski definition) is 1. The molecule has 1 N–H and O–H groups in total. The maximum Gasteiger partial charge on any atom is 0.109 e. The van der Waals surface area contributed by atoms with Crippen LogP contribution < -0.4 is 5.32 Å². The minimum atomic E-state index is 0.219. The first kappa shape index (κ1) is 15.0. The number of unbranched alkanes of at least 4 members (excludes halogenated alkanes) is 1. The summed E-state index contributed by atoms with van der Waals surface area (Å²) in [5.74, 6) is 1.20. The molecule has 1 aromatic carbocycles. The van der Waals surface area contributed by atoms with E-state index in [0.717, 1.165) is 25.0 Å². The largest absolute Gasteiger partial charge is 0.328 e. The summed E-state index contributed by atoms with van der Waals surface area (Å²) in [5.41, 5.74) is 2.61. The minimum absolute atomic E-state index is 0.219. The highest BCUT2D eigenvalue weighted by atomic mass is 15.1. The molecule has 0 saturated heterocycles. The maximum atomic E-state index is 4.72. The summed E-state index contributed by atoms with van der Waals surface area (Å²) < 4.78 is 2.38. The molecule has 0 amide bonds. The summed E-state index contributed by atoms with van der Waals surface area (Å²) in [6, 6.07) is 8.44. The number of benzene rings is 1. The second kappa shape index (κ2) is 6.40. The zero-order chi connectivity index (χ0) is 14.6. The smallest absolute Gasteiger partial charge is 0.109 e. The highest BCUT2D eigenvalue weighted by Gasteiger charge is 2.09. The van der Waals surface area contributed by atoms with Crippen LogP contribution in [0.5, 0.6) is 0 Å². The number of fused-ring (bicyclic) bond motifs is 1. The minimum Gasteiger partial charge on any atom is -0.328 e. The van der Waals surface area contributed by atoms with Gasteiger partial charge in [0.05, 0.1) is 11.0 Å². The first-order chi connectivity index (χ1) is 9.51. The van der Waals surface area contributed by atoms with Gasteiger partial charge in [-0.05, 0) is 52.3 Å². The Morgan fingerprint density at radius 3 is 2.60 bits per heavy atom. The van der Waals surface area contributed by atoms with E-state index in [4.69, 9.17) is 4.98 Å². The molecule has 0 aliphatic heterocycles. The van der Waals surface area contributed by atoms with Crippen LogP contribution in [0.1, 0.15) is 46.4 Å². The summed E-state index contributed by atoms with van der Waals surface area (Å²) in [5, 5.41) is 3.54. The van der Waals surface area contributed by atoms with Crippen LogP contribution in [-0.2, 0) is 13.0 Å². The molecule has 110 valence electrons. The van der Waals surface area contributed by atoms with Crippen LogP contribution >= 0.6 is 0 Å². The second-order valence-corrected chi connectivity index (χ2v) is 6.41. The van der Waals surface area contributed by atoms with Gasteiger partial charge in [-0.25, -0.2) is 4.98 Å². The SMILES string of the molecule is CCc1nc2ccccc2n1CCCCNC(C)(C)C. The van der Waals surface area contributed by atoms with Crippen molar-refractivity contribution in [2.24, 2.45) is 0 Å². The molecular formula is C17H27N3. The van der Waals surface area contributed by atoms with Crippen molar-refractivity contribution in [1.82, 2.24) is 14.9 Å². The van der Waals surface area contributed by atoms with E-state index in [1.807, 2.05) is 0 Å². The first-order valence-electron chi connectivity index (χ1n) is 7.70. The molecule has 0 aliphatic carbocycles. The number of imidazole rings is 1. The molecule has 1 heterocycles. The molecule has 0 atom stereocenters. The van der Waals surface area contributed by atoms with Crippen molar-refractivity contribution < 1.29 is 0 Å². The summed E-state index contributed by atoms with van der Waals surface area (Å²) in [6.07, 6.45) is 3.39. The molecule has 0 aliphatic rings. The Hall–Kier alpha value is -1.35. The highest BCUT2D eigenvalue weighted by Crippen LogP contribution is 2.17. The molecule has 3 heteroatoms. The third kappa shape index (κ3) is 3.83. The Kier molecular flexibility index (Phi) is 4.81. The average Bonchev–Trinajstić information content (AvgIpc) is 2.75. The van der Waals surface area contributed by atoms with Gasteiger partial charge in [0.15, 0.2) is 0 Å². The van der Waals surface area contributed by atoms with E-state index in [1.165, 1.54) is 24.2 Å². The van der Waals surface area contributed by atoms with Gasteiger partial charge in [-0.15, -0.1) is 0 Å². The fraction of sp³-hybridized carbons (Fsp3) is 0.588. The number of nitrogens with one attached hydrogen (secondary N) is 1. The molecule has 20 heavy (non-hydrogen) atoms. The lowest BCUT2D eigenvalue weighted by Gasteiger charge is -2.20. The summed E-state index contributed by atoms with van der Waals surface area (Å²) in [7, 11) is 0. The van der Waals surface area contributed by atoms with E-state index in [2.05, 4.69) is 61.8 Å². The van der Waals surface area contributed by atoms with E-state index in [-0.39, 0.29) is 5.54 Å². The predicted octanol–water partition coefficient (Wildman–Crippen LogP) is 3.77. The molecule has 0 fully saturated rings. The Labute approximate surface area is 122 Å². The van der Waals surface area contributed by atoms with E-state index >= 15 is 0 Å². The zero-order valence-electron chi connectivity index (χ0n) is 13.2. The van der Waals surface area contributed by atoms with Crippen LogP contribution in [0.15, 0.2) is 24.3 Å². The van der Waals surface area contributed by atoms with E-state index < -0.39 is 0 Å². The number of hydrogen-bond acceptors (Lipinski definition) is 2. The molecule has 0 unspecified atom stereocenters. The molecule has 0 spiro atoms. The van der Waals surface area contributed by atoms with Gasteiger partial charge in [-0.3, -0.25) is 0 Å². The number of aryl methyl sites for hydroxylation is 2. The standard InChI is InChI=1S/C17H27N3/c1-5-16-19-14-10-6-7-11-15(14)20(16)13-9-8-12-18-17(2,3)4/h6-7,10-11,18H,5,8-9,12-13H2,1-4H3. The van der Waals surface area contributed by atoms with Crippen molar-refractivity contribution in [2.45, 2.75) is 59.0 Å². The van der Waals surface area contributed by atoms with Crippen molar-refractivity contribution in [3.05, 3.63) is 30.1 Å². The van der Waals surface area contributed by atoms with Crippen LogP contribution in [0.4, 0.5) is 0 Å².